The summed E-state index contributed by atoms with van der Waals surface area (Å²) in [6.45, 7) is 8.39. The lowest BCUT2D eigenvalue weighted by atomic mass is 9.93. The van der Waals surface area contributed by atoms with Gasteiger partial charge < -0.3 is 4.57 Å². The quantitative estimate of drug-likeness (QED) is 0.212. The van der Waals surface area contributed by atoms with E-state index in [1.54, 1.807) is 18.2 Å². The Morgan fingerprint density at radius 2 is 1.07 bits per heavy atom. The number of nitrogens with zero attached hydrogens (tertiary/aromatic N) is 3. The monoisotopic (exact) mass is 525 g/mol. The molecular formula is C38H27N3. The molecular weight excluding hydrogens is 498 g/mol. The van der Waals surface area contributed by atoms with E-state index >= 15 is 0 Å². The van der Waals surface area contributed by atoms with Crippen molar-refractivity contribution in [2.75, 3.05) is 0 Å². The molecule has 0 atom stereocenters. The number of aryl methyl sites for hydroxylation is 4. The smallest absolute Gasteiger partial charge is 0.0998 e. The Bertz CT molecular complexity index is 2080. The van der Waals surface area contributed by atoms with Crippen LogP contribution in [0.3, 0.4) is 0 Å². The van der Waals surface area contributed by atoms with Gasteiger partial charge in [-0.1, -0.05) is 53.3 Å². The molecule has 5 aromatic carbocycles. The Labute approximate surface area is 240 Å². The third-order valence-electron chi connectivity index (χ3n) is 7.70. The Morgan fingerprint density at radius 1 is 0.537 bits per heavy atom. The average Bonchev–Trinajstić information content (AvgIpc) is 3.29. The van der Waals surface area contributed by atoms with Crippen molar-refractivity contribution in [3.8, 4) is 40.8 Å². The van der Waals surface area contributed by atoms with Gasteiger partial charge in [0.15, 0.2) is 0 Å². The molecule has 6 aromatic rings. The molecule has 0 spiro atoms. The molecule has 0 aliphatic rings. The molecule has 41 heavy (non-hydrogen) atoms. The van der Waals surface area contributed by atoms with Gasteiger partial charge in [-0.2, -0.15) is 10.5 Å². The first-order valence-electron chi connectivity index (χ1n) is 13.6. The van der Waals surface area contributed by atoms with Crippen LogP contribution in [-0.2, 0) is 0 Å². The van der Waals surface area contributed by atoms with Gasteiger partial charge in [-0.25, -0.2) is 0 Å². The second kappa shape index (κ2) is 10.2. The molecule has 0 unspecified atom stereocenters. The highest BCUT2D eigenvalue weighted by Crippen LogP contribution is 2.34. The zero-order valence-electron chi connectivity index (χ0n) is 23.5. The van der Waals surface area contributed by atoms with Gasteiger partial charge in [0.25, 0.3) is 0 Å². The van der Waals surface area contributed by atoms with Crippen LogP contribution >= 0.6 is 0 Å². The molecule has 0 radical (unpaired) electrons. The fourth-order valence-corrected chi connectivity index (χ4v) is 5.60. The van der Waals surface area contributed by atoms with Crippen molar-refractivity contribution in [3.63, 3.8) is 0 Å². The summed E-state index contributed by atoms with van der Waals surface area (Å²) in [5.74, 6) is 6.72. The largest absolute Gasteiger partial charge is 0.309 e. The van der Waals surface area contributed by atoms with E-state index in [0.29, 0.717) is 16.7 Å². The van der Waals surface area contributed by atoms with Crippen LogP contribution in [0.5, 0.6) is 0 Å². The summed E-state index contributed by atoms with van der Waals surface area (Å²) >= 11 is 0. The highest BCUT2D eigenvalue weighted by molar-refractivity contribution is 6.09. The number of hydrogen-bond donors (Lipinski definition) is 0. The summed E-state index contributed by atoms with van der Waals surface area (Å²) in [6, 6.07) is 35.3. The molecule has 3 nitrogen and oxygen atoms in total. The van der Waals surface area contributed by atoms with Crippen molar-refractivity contribution in [1.82, 2.24) is 4.57 Å². The minimum Gasteiger partial charge on any atom is -0.309 e. The number of hydrogen-bond acceptors (Lipinski definition) is 2. The van der Waals surface area contributed by atoms with Gasteiger partial charge in [0.05, 0.1) is 34.3 Å². The van der Waals surface area contributed by atoms with Crippen molar-refractivity contribution in [2.45, 2.75) is 27.7 Å². The standard InChI is InChI=1S/C38H27N3/c1-24-8-16-36-34(18-24)35-19-25(2)9-17-37(35)41(36)33-15-14-29(27(4)21-33)11-10-28-12-13-30(20-26(28)3)38-31(22-39)6-5-7-32(38)23-40/h5-9,12-21H,1-4H3. The van der Waals surface area contributed by atoms with Crippen LogP contribution in [0.1, 0.15) is 44.5 Å². The lowest BCUT2D eigenvalue weighted by Crippen LogP contribution is -1.96. The number of rotatable bonds is 2. The average molecular weight is 526 g/mol. The molecule has 0 aliphatic carbocycles. The van der Waals surface area contributed by atoms with Crippen molar-refractivity contribution < 1.29 is 0 Å². The number of benzene rings is 5. The summed E-state index contributed by atoms with van der Waals surface area (Å²) in [6.07, 6.45) is 0. The zero-order valence-corrected chi connectivity index (χ0v) is 23.5. The van der Waals surface area contributed by atoms with Gasteiger partial charge in [-0.15, -0.1) is 0 Å². The van der Waals surface area contributed by atoms with E-state index in [1.165, 1.54) is 32.9 Å². The second-order valence-electron chi connectivity index (χ2n) is 10.6. The molecule has 0 saturated carbocycles. The number of nitriles is 2. The molecule has 0 bridgehead atoms. The minimum absolute atomic E-state index is 0.492. The first kappa shape index (κ1) is 25.7. The van der Waals surface area contributed by atoms with Crippen LogP contribution in [0.15, 0.2) is 91.0 Å². The van der Waals surface area contributed by atoms with Crippen molar-refractivity contribution >= 4 is 21.8 Å². The van der Waals surface area contributed by atoms with E-state index in [0.717, 1.165) is 33.5 Å². The molecule has 0 saturated heterocycles. The number of aromatic nitrogens is 1. The van der Waals surface area contributed by atoms with Gasteiger partial charge in [-0.05, 0) is 105 Å². The highest BCUT2D eigenvalue weighted by Gasteiger charge is 2.14. The van der Waals surface area contributed by atoms with Crippen LogP contribution in [0.4, 0.5) is 0 Å². The molecule has 6 rings (SSSR count). The van der Waals surface area contributed by atoms with Gasteiger partial charge >= 0.3 is 0 Å². The predicted molar refractivity (Wildman–Crippen MR) is 167 cm³/mol. The maximum Gasteiger partial charge on any atom is 0.0998 e. The fraction of sp³-hybridized carbons (Fsp3) is 0.105. The molecule has 0 N–H and O–H groups in total. The maximum absolute atomic E-state index is 9.58. The first-order valence-corrected chi connectivity index (χ1v) is 13.6. The maximum atomic E-state index is 9.58. The summed E-state index contributed by atoms with van der Waals surface area (Å²) in [7, 11) is 0. The van der Waals surface area contributed by atoms with E-state index in [2.05, 4.69) is 104 Å². The molecule has 0 amide bonds. The molecule has 0 fully saturated rings. The van der Waals surface area contributed by atoms with E-state index in [1.807, 2.05) is 25.1 Å². The van der Waals surface area contributed by atoms with Gasteiger partial charge in [-0.3, -0.25) is 0 Å². The second-order valence-corrected chi connectivity index (χ2v) is 10.6. The van der Waals surface area contributed by atoms with Crippen molar-refractivity contribution in [2.24, 2.45) is 0 Å². The van der Waals surface area contributed by atoms with E-state index in [4.69, 9.17) is 0 Å². The molecule has 194 valence electrons. The first-order chi connectivity index (χ1) is 19.9. The van der Waals surface area contributed by atoms with Crippen LogP contribution in [0.25, 0.3) is 38.6 Å². The fourth-order valence-electron chi connectivity index (χ4n) is 5.60. The van der Waals surface area contributed by atoms with Crippen LogP contribution in [-0.4, -0.2) is 4.57 Å². The number of fused-ring (bicyclic) bond motifs is 3. The van der Waals surface area contributed by atoms with Gasteiger partial charge in [0.1, 0.15) is 0 Å². The van der Waals surface area contributed by atoms with Gasteiger partial charge in [0, 0.05) is 33.2 Å². The van der Waals surface area contributed by atoms with Gasteiger partial charge in [0.2, 0.25) is 0 Å². The topological polar surface area (TPSA) is 52.5 Å². The molecule has 1 aromatic heterocycles. The highest BCUT2D eigenvalue weighted by atomic mass is 15.0. The van der Waals surface area contributed by atoms with Crippen LogP contribution in [0.2, 0.25) is 0 Å². The van der Waals surface area contributed by atoms with E-state index in [-0.39, 0.29) is 0 Å². The van der Waals surface area contributed by atoms with E-state index in [9.17, 15) is 10.5 Å². The van der Waals surface area contributed by atoms with Crippen LogP contribution < -0.4 is 0 Å². The van der Waals surface area contributed by atoms with Crippen LogP contribution in [0, 0.1) is 62.2 Å². The minimum atomic E-state index is 0.492. The van der Waals surface area contributed by atoms with Crippen molar-refractivity contribution in [1.29, 1.82) is 10.5 Å². The summed E-state index contributed by atoms with van der Waals surface area (Å²) in [5, 5.41) is 21.7. The summed E-state index contributed by atoms with van der Waals surface area (Å²) in [5.41, 5.74) is 12.5. The lowest BCUT2D eigenvalue weighted by Gasteiger charge is -2.10. The third kappa shape index (κ3) is 4.53. The van der Waals surface area contributed by atoms with E-state index < -0.39 is 0 Å². The molecule has 3 heteroatoms. The predicted octanol–water partition coefficient (Wildman–Crippen LogP) is 8.83. The Kier molecular flexibility index (Phi) is 6.40. The third-order valence-corrected chi connectivity index (χ3v) is 7.70. The van der Waals surface area contributed by atoms with Crippen molar-refractivity contribution in [3.05, 3.63) is 136 Å². The lowest BCUT2D eigenvalue weighted by molar-refractivity contribution is 1.17. The Balaban J connectivity index is 1.38. The summed E-state index contributed by atoms with van der Waals surface area (Å²) < 4.78 is 2.34. The Hall–Kier alpha value is -5.56. The molecule has 1 heterocycles. The SMILES string of the molecule is Cc1ccc2c(c1)c1cc(C)ccc1n2-c1ccc(C#Cc2ccc(-c3c(C#N)cccc3C#N)cc2C)c(C)c1. The normalized spacial score (nSPS) is 10.7. The Morgan fingerprint density at radius 3 is 1.59 bits per heavy atom. The summed E-state index contributed by atoms with van der Waals surface area (Å²) in [4.78, 5) is 0. The zero-order chi connectivity index (χ0) is 28.7. The molecule has 0 aliphatic heterocycles.